The Bertz CT molecular complexity index is 638. The molecule has 3 aromatic carbocycles. The summed E-state index contributed by atoms with van der Waals surface area (Å²) in [5.74, 6) is 0. The highest BCUT2D eigenvalue weighted by atomic mass is 31.0. The Morgan fingerprint density at radius 2 is 1.00 bits per heavy atom. The lowest BCUT2D eigenvalue weighted by molar-refractivity contribution is 1.52. The van der Waals surface area contributed by atoms with E-state index in [9.17, 15) is 0 Å². The Hall–Kier alpha value is -2.17. The van der Waals surface area contributed by atoms with E-state index in [-0.39, 0.29) is 0 Å². The Morgan fingerprint density at radius 1 is 0.591 bits per heavy atom. The summed E-state index contributed by atoms with van der Waals surface area (Å²) in [5, 5.41) is 1.28. The van der Waals surface area contributed by atoms with Crippen LogP contribution in [-0.4, -0.2) is 0 Å². The predicted octanol–water partition coefficient (Wildman–Crippen LogP) is 5.35. The number of aryl methyl sites for hydroxylation is 1. The lowest BCUT2D eigenvalue weighted by atomic mass is 10.1. The average molecular weight is 304 g/mol. The van der Waals surface area contributed by atoms with Crippen molar-refractivity contribution in [3.8, 4) is 0 Å². The molecule has 110 valence electrons. The maximum Gasteiger partial charge on any atom is -0.0256 e. The van der Waals surface area contributed by atoms with E-state index in [0.717, 1.165) is 0 Å². The van der Waals surface area contributed by atoms with Gasteiger partial charge < -0.3 is 0 Å². The number of rotatable bonds is 2. The van der Waals surface area contributed by atoms with Crippen LogP contribution in [0.2, 0.25) is 0 Å². The highest BCUT2D eigenvalue weighted by molar-refractivity contribution is 7.27. The minimum atomic E-state index is 1.23. The summed E-state index contributed by atoms with van der Waals surface area (Å²) in [5.41, 5.74) is 3.80. The van der Waals surface area contributed by atoms with Crippen LogP contribution in [0.5, 0.6) is 0 Å². The van der Waals surface area contributed by atoms with E-state index in [2.05, 4.69) is 64.7 Å². The van der Waals surface area contributed by atoms with Gasteiger partial charge in [0.1, 0.15) is 0 Å². The molecular formula is C21H21P. The molecule has 22 heavy (non-hydrogen) atoms. The van der Waals surface area contributed by atoms with Crippen molar-refractivity contribution in [2.24, 2.45) is 0 Å². The van der Waals surface area contributed by atoms with Crippen LogP contribution < -0.4 is 5.30 Å². The quantitative estimate of drug-likeness (QED) is 0.442. The SMILES string of the molecule is C(=Cc1ccccc1)c1ccccc1.Cc1ccccc1P. The summed E-state index contributed by atoms with van der Waals surface area (Å²) in [6.45, 7) is 2.10. The third kappa shape index (κ3) is 5.68. The molecule has 0 bridgehead atoms. The Morgan fingerprint density at radius 3 is 1.36 bits per heavy atom. The van der Waals surface area contributed by atoms with Crippen molar-refractivity contribution >= 4 is 26.7 Å². The highest BCUT2D eigenvalue weighted by Gasteiger charge is 1.85. The summed E-state index contributed by atoms with van der Waals surface area (Å²) in [4.78, 5) is 0. The molecule has 0 amide bonds. The molecule has 0 heterocycles. The maximum atomic E-state index is 2.69. The minimum absolute atomic E-state index is 1.23. The zero-order valence-electron chi connectivity index (χ0n) is 12.8. The second-order valence-electron chi connectivity index (χ2n) is 5.01. The summed E-state index contributed by atoms with van der Waals surface area (Å²) < 4.78 is 0. The van der Waals surface area contributed by atoms with Gasteiger partial charge in [-0.25, -0.2) is 0 Å². The first-order chi connectivity index (χ1) is 10.8. The van der Waals surface area contributed by atoms with Crippen LogP contribution in [0.3, 0.4) is 0 Å². The Labute approximate surface area is 135 Å². The molecule has 3 rings (SSSR count). The largest absolute Gasteiger partial charge is 0.105 e. The molecule has 0 radical (unpaired) electrons. The van der Waals surface area contributed by atoms with E-state index in [0.29, 0.717) is 0 Å². The van der Waals surface area contributed by atoms with Crippen molar-refractivity contribution in [2.75, 3.05) is 0 Å². The molecular weight excluding hydrogens is 283 g/mol. The second-order valence-corrected chi connectivity index (χ2v) is 5.63. The van der Waals surface area contributed by atoms with E-state index in [4.69, 9.17) is 0 Å². The van der Waals surface area contributed by atoms with Gasteiger partial charge >= 0.3 is 0 Å². The smallest absolute Gasteiger partial charge is 0.0256 e. The van der Waals surface area contributed by atoms with Crippen molar-refractivity contribution in [1.29, 1.82) is 0 Å². The molecule has 0 fully saturated rings. The standard InChI is InChI=1S/C14H12.C7H9P/c1-3-7-13(8-4-1)11-12-14-9-5-2-6-10-14;1-6-4-2-3-5-7(6)8/h1-12H;2-5H,8H2,1H3. The van der Waals surface area contributed by atoms with Crippen molar-refractivity contribution in [3.05, 3.63) is 102 Å². The number of hydrogen-bond acceptors (Lipinski definition) is 0. The fourth-order valence-corrected chi connectivity index (χ4v) is 2.11. The van der Waals surface area contributed by atoms with Crippen LogP contribution >= 0.6 is 9.24 Å². The molecule has 3 aromatic rings. The third-order valence-corrected chi connectivity index (χ3v) is 3.90. The molecule has 0 saturated carbocycles. The van der Waals surface area contributed by atoms with Crippen molar-refractivity contribution < 1.29 is 0 Å². The van der Waals surface area contributed by atoms with Gasteiger partial charge in [0.15, 0.2) is 0 Å². The highest BCUT2D eigenvalue weighted by Crippen LogP contribution is 2.06. The predicted molar refractivity (Wildman–Crippen MR) is 102 cm³/mol. The average Bonchev–Trinajstić information content (AvgIpc) is 2.58. The molecule has 1 atom stereocenters. The first-order valence-electron chi connectivity index (χ1n) is 7.35. The number of hydrogen-bond donors (Lipinski definition) is 0. The summed E-state index contributed by atoms with van der Waals surface area (Å²) in [6, 6.07) is 28.9. The van der Waals surface area contributed by atoms with Crippen LogP contribution in [0.15, 0.2) is 84.9 Å². The lowest BCUT2D eigenvalue weighted by Gasteiger charge is -1.93. The zero-order valence-corrected chi connectivity index (χ0v) is 14.0. The first kappa shape index (κ1) is 16.2. The molecule has 0 aromatic heterocycles. The second kappa shape index (κ2) is 8.97. The van der Waals surface area contributed by atoms with Crippen LogP contribution in [-0.2, 0) is 0 Å². The molecule has 0 aliphatic heterocycles. The summed E-state index contributed by atoms with van der Waals surface area (Å²) in [7, 11) is 2.69. The van der Waals surface area contributed by atoms with E-state index < -0.39 is 0 Å². The molecule has 1 heteroatoms. The number of benzene rings is 3. The van der Waals surface area contributed by atoms with Gasteiger partial charge in [-0.15, -0.1) is 9.24 Å². The van der Waals surface area contributed by atoms with Gasteiger partial charge in [0.05, 0.1) is 0 Å². The van der Waals surface area contributed by atoms with E-state index in [1.807, 2.05) is 48.5 Å². The van der Waals surface area contributed by atoms with Gasteiger partial charge in [-0.2, -0.15) is 0 Å². The monoisotopic (exact) mass is 304 g/mol. The maximum absolute atomic E-state index is 2.69. The van der Waals surface area contributed by atoms with Crippen LogP contribution in [0.25, 0.3) is 12.2 Å². The zero-order chi connectivity index (χ0) is 15.6. The minimum Gasteiger partial charge on any atom is -0.105 e. The summed E-state index contributed by atoms with van der Waals surface area (Å²) >= 11 is 0. The van der Waals surface area contributed by atoms with Gasteiger partial charge in [0, 0.05) is 0 Å². The van der Waals surface area contributed by atoms with Crippen molar-refractivity contribution in [3.63, 3.8) is 0 Å². The topological polar surface area (TPSA) is 0 Å². The van der Waals surface area contributed by atoms with Gasteiger partial charge in [0.2, 0.25) is 0 Å². The molecule has 0 N–H and O–H groups in total. The van der Waals surface area contributed by atoms with Crippen LogP contribution in [0.1, 0.15) is 16.7 Å². The van der Waals surface area contributed by atoms with Gasteiger partial charge in [-0.05, 0) is 28.9 Å². The van der Waals surface area contributed by atoms with Gasteiger partial charge in [-0.1, -0.05) is 97.1 Å². The van der Waals surface area contributed by atoms with E-state index in [1.165, 1.54) is 22.0 Å². The van der Waals surface area contributed by atoms with E-state index in [1.54, 1.807) is 0 Å². The molecule has 1 unspecified atom stereocenters. The molecule has 0 spiro atoms. The Kier molecular flexibility index (Phi) is 6.61. The van der Waals surface area contributed by atoms with Crippen LogP contribution in [0, 0.1) is 6.92 Å². The summed E-state index contributed by atoms with van der Waals surface area (Å²) in [6.07, 6.45) is 4.24. The third-order valence-electron chi connectivity index (χ3n) is 3.26. The first-order valence-corrected chi connectivity index (χ1v) is 7.93. The van der Waals surface area contributed by atoms with E-state index >= 15 is 0 Å². The van der Waals surface area contributed by atoms with Crippen LogP contribution in [0.4, 0.5) is 0 Å². The fourth-order valence-electron chi connectivity index (χ4n) is 1.91. The van der Waals surface area contributed by atoms with Crippen molar-refractivity contribution in [2.45, 2.75) is 6.92 Å². The van der Waals surface area contributed by atoms with Crippen molar-refractivity contribution in [1.82, 2.24) is 0 Å². The normalized spacial score (nSPS) is 10.1. The lowest BCUT2D eigenvalue weighted by Crippen LogP contribution is -1.92. The fraction of sp³-hybridized carbons (Fsp3) is 0.0476. The molecule has 0 nitrogen and oxygen atoms in total. The Balaban J connectivity index is 0.000000188. The van der Waals surface area contributed by atoms with Gasteiger partial charge in [-0.3, -0.25) is 0 Å². The molecule has 0 aliphatic carbocycles. The molecule has 0 saturated heterocycles. The molecule has 0 aliphatic rings. The van der Waals surface area contributed by atoms with Gasteiger partial charge in [0.25, 0.3) is 0 Å².